The summed E-state index contributed by atoms with van der Waals surface area (Å²) in [6, 6.07) is 6.62. The van der Waals surface area contributed by atoms with E-state index in [-0.39, 0.29) is 10.3 Å². The van der Waals surface area contributed by atoms with Crippen LogP contribution >= 0.6 is 0 Å². The predicted molar refractivity (Wildman–Crippen MR) is 80.7 cm³/mol. The van der Waals surface area contributed by atoms with Gasteiger partial charge in [-0.2, -0.15) is 4.99 Å². The van der Waals surface area contributed by atoms with Crippen molar-refractivity contribution in [2.75, 3.05) is 0 Å². The molecule has 0 aromatic carbocycles. The predicted octanol–water partition coefficient (Wildman–Crippen LogP) is 0.815. The molecule has 1 unspecified atom stereocenters. The Morgan fingerprint density at radius 2 is 2.18 bits per heavy atom. The molecule has 3 N–H and O–H groups in total. The zero-order valence-electron chi connectivity index (χ0n) is 11.3. The van der Waals surface area contributed by atoms with Gasteiger partial charge in [-0.25, -0.2) is 4.99 Å². The summed E-state index contributed by atoms with van der Waals surface area (Å²) in [4.78, 5) is 22.4. The van der Waals surface area contributed by atoms with Crippen molar-refractivity contribution in [2.24, 2.45) is 20.9 Å². The van der Waals surface area contributed by atoms with Gasteiger partial charge in [0.25, 0.3) is 11.7 Å². The topological polar surface area (TPSA) is 109 Å². The highest BCUT2D eigenvalue weighted by molar-refractivity contribution is 6.32. The van der Waals surface area contributed by atoms with Crippen LogP contribution in [0.15, 0.2) is 67.2 Å². The third-order valence-corrected chi connectivity index (χ3v) is 3.31. The second-order valence-corrected chi connectivity index (χ2v) is 4.82. The van der Waals surface area contributed by atoms with Crippen LogP contribution in [0.1, 0.15) is 11.3 Å². The molecule has 2 aliphatic heterocycles. The third-order valence-electron chi connectivity index (χ3n) is 3.31. The van der Waals surface area contributed by atoms with E-state index in [1.807, 2.05) is 0 Å². The van der Waals surface area contributed by atoms with E-state index in [0.717, 1.165) is 5.56 Å². The molecule has 2 aromatic rings. The van der Waals surface area contributed by atoms with Gasteiger partial charge in [-0.3, -0.25) is 4.79 Å². The lowest BCUT2D eigenvalue weighted by Gasteiger charge is -2.19. The maximum Gasteiger partial charge on any atom is 0.300 e. The molecule has 4 heterocycles. The molecule has 22 heavy (non-hydrogen) atoms. The van der Waals surface area contributed by atoms with Crippen LogP contribution in [0.4, 0.5) is 0 Å². The van der Waals surface area contributed by atoms with Crippen molar-refractivity contribution in [3.8, 4) is 0 Å². The minimum atomic E-state index is -0.339. The number of aromatic amines is 1. The smallest absolute Gasteiger partial charge is 0.300 e. The van der Waals surface area contributed by atoms with E-state index in [4.69, 9.17) is 10.3 Å². The lowest BCUT2D eigenvalue weighted by molar-refractivity contribution is -0.802. The number of aromatic nitrogens is 1. The first-order valence-corrected chi connectivity index (χ1v) is 6.51. The summed E-state index contributed by atoms with van der Waals surface area (Å²) in [5, 5.41) is 4.37. The molecule has 0 aliphatic carbocycles. The Bertz CT molecular complexity index is 899. The number of nitrogens with two attached hydrogens (primary N) is 1. The van der Waals surface area contributed by atoms with Crippen molar-refractivity contribution >= 4 is 23.6 Å². The number of hydrogen-bond donors (Lipinski definition) is 2. The Labute approximate surface area is 124 Å². The molecule has 4 rings (SSSR count). The normalized spacial score (nSPS) is 22.9. The quantitative estimate of drug-likeness (QED) is 0.632. The molecular weight excluding hydrogens is 284 g/mol. The standard InChI is InChI=1S/C14H10N6O2/c15-20-8-10(9-3-4-13(21)17-6-9)16-7-12(20)18-14(19-20)11-2-1-5-22-11/h1-8H,15H2/p+1. The Balaban J connectivity index is 1.76. The SMILES string of the molecule is N[N+]12C=C(c3ccc(=O)[nH]c3)N=CC1=NC(c1ccco1)=N2. The van der Waals surface area contributed by atoms with Crippen LogP contribution in [0.2, 0.25) is 0 Å². The van der Waals surface area contributed by atoms with E-state index in [2.05, 4.69) is 20.1 Å². The molecule has 0 amide bonds. The van der Waals surface area contributed by atoms with Gasteiger partial charge in [0.15, 0.2) is 12.0 Å². The summed E-state index contributed by atoms with van der Waals surface area (Å²) in [6.45, 7) is 0. The first-order valence-electron chi connectivity index (χ1n) is 6.51. The minimum Gasteiger partial charge on any atom is -0.461 e. The number of fused-ring (bicyclic) bond motifs is 1. The lowest BCUT2D eigenvalue weighted by Crippen LogP contribution is -2.50. The molecule has 0 saturated heterocycles. The van der Waals surface area contributed by atoms with Crippen LogP contribution in [-0.4, -0.2) is 27.6 Å². The maximum atomic E-state index is 11.1. The molecule has 8 heteroatoms. The van der Waals surface area contributed by atoms with Gasteiger partial charge < -0.3 is 9.40 Å². The summed E-state index contributed by atoms with van der Waals surface area (Å²) in [5.41, 5.74) is 1.16. The molecule has 2 aromatic heterocycles. The molecule has 8 nitrogen and oxygen atoms in total. The van der Waals surface area contributed by atoms with Crippen molar-refractivity contribution in [3.05, 3.63) is 64.6 Å². The van der Waals surface area contributed by atoms with Crippen LogP contribution < -0.4 is 11.4 Å². The molecule has 0 spiro atoms. The van der Waals surface area contributed by atoms with E-state index in [0.29, 0.717) is 23.1 Å². The molecule has 1 atom stereocenters. The van der Waals surface area contributed by atoms with E-state index >= 15 is 0 Å². The monoisotopic (exact) mass is 295 g/mol. The Morgan fingerprint density at radius 1 is 1.27 bits per heavy atom. The molecule has 0 bridgehead atoms. The molecular formula is C14H11N6O2+. The number of furan rings is 1. The maximum absolute atomic E-state index is 11.1. The van der Waals surface area contributed by atoms with Gasteiger partial charge in [-0.1, -0.05) is 0 Å². The van der Waals surface area contributed by atoms with Gasteiger partial charge in [0.05, 0.1) is 6.26 Å². The van der Waals surface area contributed by atoms with Gasteiger partial charge in [-0.05, 0) is 28.0 Å². The van der Waals surface area contributed by atoms with E-state index in [1.54, 1.807) is 43.1 Å². The van der Waals surface area contributed by atoms with Crippen molar-refractivity contribution in [2.45, 2.75) is 0 Å². The summed E-state index contributed by atoms with van der Waals surface area (Å²) < 4.78 is 4.95. The van der Waals surface area contributed by atoms with E-state index < -0.39 is 0 Å². The van der Waals surface area contributed by atoms with Crippen LogP contribution in [-0.2, 0) is 0 Å². The van der Waals surface area contributed by atoms with Gasteiger partial charge in [0, 0.05) is 17.8 Å². The van der Waals surface area contributed by atoms with Crippen LogP contribution in [0, 0.1) is 0 Å². The highest BCUT2D eigenvalue weighted by atomic mass is 16.3. The number of H-pyrrole nitrogens is 1. The largest absolute Gasteiger partial charge is 0.461 e. The van der Waals surface area contributed by atoms with E-state index in [1.165, 1.54) is 6.07 Å². The second kappa shape index (κ2) is 4.45. The van der Waals surface area contributed by atoms with Gasteiger partial charge >= 0.3 is 0 Å². The number of aliphatic imine (C=N–C) groups is 2. The van der Waals surface area contributed by atoms with Gasteiger partial charge in [0.1, 0.15) is 11.9 Å². The highest BCUT2D eigenvalue weighted by Gasteiger charge is 2.40. The minimum absolute atomic E-state index is 0.178. The fourth-order valence-corrected chi connectivity index (χ4v) is 2.21. The third kappa shape index (κ3) is 1.94. The van der Waals surface area contributed by atoms with Crippen molar-refractivity contribution in [1.82, 2.24) is 4.98 Å². The fraction of sp³-hybridized carbons (Fsp3) is 0. The summed E-state index contributed by atoms with van der Waals surface area (Å²) >= 11 is 0. The zero-order valence-corrected chi connectivity index (χ0v) is 11.3. The average molecular weight is 295 g/mol. The Hall–Kier alpha value is -3.10. The summed E-state index contributed by atoms with van der Waals surface area (Å²) in [5.74, 6) is 7.69. The highest BCUT2D eigenvalue weighted by Crippen LogP contribution is 2.25. The summed E-state index contributed by atoms with van der Waals surface area (Å²) in [6.07, 6.45) is 6.33. The molecule has 0 radical (unpaired) electrons. The average Bonchev–Trinajstić information content (AvgIpc) is 3.13. The van der Waals surface area contributed by atoms with Gasteiger partial charge in [0.2, 0.25) is 5.56 Å². The van der Waals surface area contributed by atoms with Crippen LogP contribution in [0.3, 0.4) is 0 Å². The summed E-state index contributed by atoms with van der Waals surface area (Å²) in [7, 11) is 0. The molecule has 108 valence electrons. The number of hydrogen-bond acceptors (Lipinski definition) is 6. The number of quaternary nitrogens is 1. The van der Waals surface area contributed by atoms with E-state index in [9.17, 15) is 4.79 Å². The molecule has 2 aliphatic rings. The first-order chi connectivity index (χ1) is 10.6. The Kier molecular flexibility index (Phi) is 2.55. The van der Waals surface area contributed by atoms with Crippen molar-refractivity contribution in [1.29, 1.82) is 0 Å². The fourth-order valence-electron chi connectivity index (χ4n) is 2.21. The van der Waals surface area contributed by atoms with Crippen LogP contribution in [0.25, 0.3) is 5.70 Å². The van der Waals surface area contributed by atoms with Gasteiger partial charge in [-0.15, -0.1) is 5.84 Å². The Morgan fingerprint density at radius 3 is 2.91 bits per heavy atom. The first kappa shape index (κ1) is 12.6. The van der Waals surface area contributed by atoms with Crippen molar-refractivity contribution in [3.63, 3.8) is 0 Å². The van der Waals surface area contributed by atoms with Crippen LogP contribution in [0.5, 0.6) is 0 Å². The lowest BCUT2D eigenvalue weighted by atomic mass is 10.2. The molecule has 0 fully saturated rings. The molecule has 0 saturated carbocycles. The zero-order chi connectivity index (χ0) is 15.2. The number of pyridine rings is 1. The second-order valence-electron chi connectivity index (χ2n) is 4.82. The van der Waals surface area contributed by atoms with Crippen molar-refractivity contribution < 1.29 is 9.12 Å². The number of rotatable bonds is 2. The number of nitrogens with zero attached hydrogens (tertiary/aromatic N) is 4. The number of amidine groups is 2. The number of nitrogens with one attached hydrogen (secondary N) is 1.